The van der Waals surface area contributed by atoms with E-state index in [1.165, 1.54) is 0 Å². The van der Waals surface area contributed by atoms with E-state index < -0.39 is 0 Å². The van der Waals surface area contributed by atoms with Crippen molar-refractivity contribution in [3.05, 3.63) is 87.2 Å². The Morgan fingerprint density at radius 2 is 1.81 bits per heavy atom. The van der Waals surface area contributed by atoms with E-state index in [2.05, 4.69) is 25.2 Å². The number of nitrogens with zero attached hydrogens (tertiary/aromatic N) is 1. The van der Waals surface area contributed by atoms with Crippen LogP contribution in [0.15, 0.2) is 71.1 Å². The number of hydrogen-bond donors (Lipinski definition) is 1. The van der Waals surface area contributed by atoms with E-state index in [-0.39, 0.29) is 17.1 Å². The molecule has 2 aliphatic rings. The quantitative estimate of drug-likeness (QED) is 0.639. The molecule has 158 valence electrons. The Morgan fingerprint density at radius 1 is 1.13 bits per heavy atom. The highest BCUT2D eigenvalue weighted by Crippen LogP contribution is 2.46. The number of Topliss-reactive ketones (excluding diaryl/α,β-unsaturated/α-hetero) is 1. The van der Waals surface area contributed by atoms with Gasteiger partial charge in [-0.2, -0.15) is 5.26 Å². The molecule has 2 aromatic rings. The summed E-state index contributed by atoms with van der Waals surface area (Å²) in [6.45, 7) is 6.56. The van der Waals surface area contributed by atoms with Gasteiger partial charge >= 0.3 is 0 Å². The Labute approximate surface area is 188 Å². The Hall–Kier alpha value is -3.03. The number of ketones is 1. The first-order chi connectivity index (χ1) is 14.8. The molecular weight excluding hydrogens is 408 g/mol. The van der Waals surface area contributed by atoms with Crippen molar-refractivity contribution in [3.63, 3.8) is 0 Å². The third-order valence-corrected chi connectivity index (χ3v) is 6.14. The van der Waals surface area contributed by atoms with Crippen LogP contribution in [-0.2, 0) is 11.4 Å². The molecule has 1 aliphatic carbocycles. The number of rotatable bonds is 4. The highest BCUT2D eigenvalue weighted by atomic mass is 35.5. The minimum absolute atomic E-state index is 0.0861. The van der Waals surface area contributed by atoms with E-state index in [1.54, 1.807) is 0 Å². The molecule has 0 saturated carbocycles. The fourth-order valence-electron chi connectivity index (χ4n) is 4.42. The summed E-state index contributed by atoms with van der Waals surface area (Å²) in [7, 11) is 0. The van der Waals surface area contributed by atoms with Crippen molar-refractivity contribution in [1.82, 2.24) is 5.32 Å². The molecule has 2 aromatic carbocycles. The van der Waals surface area contributed by atoms with Gasteiger partial charge < -0.3 is 10.1 Å². The zero-order chi connectivity index (χ0) is 22.2. The summed E-state index contributed by atoms with van der Waals surface area (Å²) in [5, 5.41) is 13.9. The molecule has 0 radical (unpaired) electrons. The molecular formula is C26H25ClN2O2. The lowest BCUT2D eigenvalue weighted by Gasteiger charge is -2.38. The summed E-state index contributed by atoms with van der Waals surface area (Å²) in [6.07, 6.45) is 1.28. The first-order valence-electron chi connectivity index (χ1n) is 10.4. The number of halogens is 1. The van der Waals surface area contributed by atoms with Crippen LogP contribution < -0.4 is 10.1 Å². The number of ether oxygens (including phenoxy) is 1. The second-order valence-electron chi connectivity index (χ2n) is 9.03. The summed E-state index contributed by atoms with van der Waals surface area (Å²) >= 11 is 5.93. The Bertz CT molecular complexity index is 1120. The van der Waals surface area contributed by atoms with Crippen LogP contribution in [0.2, 0.25) is 5.02 Å². The predicted octanol–water partition coefficient (Wildman–Crippen LogP) is 6.05. The number of allylic oxidation sites excluding steroid dienone is 4. The van der Waals surface area contributed by atoms with Crippen molar-refractivity contribution >= 4 is 17.4 Å². The SMILES string of the molecule is CC1=C(C#N)[C@@H](c2ccc(OCc3ccc(Cl)cc3)cc2)C2=C(CC(C)(C)CC2=O)N1. The lowest BCUT2D eigenvalue weighted by atomic mass is 9.69. The van der Waals surface area contributed by atoms with Gasteiger partial charge in [-0.3, -0.25) is 4.79 Å². The molecule has 31 heavy (non-hydrogen) atoms. The number of hydrogen-bond acceptors (Lipinski definition) is 4. The Morgan fingerprint density at radius 3 is 2.45 bits per heavy atom. The van der Waals surface area contributed by atoms with Gasteiger partial charge in [-0.15, -0.1) is 0 Å². The van der Waals surface area contributed by atoms with Gasteiger partial charge in [-0.25, -0.2) is 0 Å². The lowest BCUT2D eigenvalue weighted by molar-refractivity contribution is -0.118. The second-order valence-corrected chi connectivity index (χ2v) is 9.46. The van der Waals surface area contributed by atoms with E-state index >= 15 is 0 Å². The standard InChI is InChI=1S/C26H25ClN2O2/c1-16-21(14-28)24(25-22(29-16)12-26(2,3)13-23(25)30)18-6-10-20(11-7-18)31-15-17-4-8-19(27)9-5-17/h4-11,24,29H,12-13,15H2,1-3H3/t24-/m1/s1. The molecule has 0 saturated heterocycles. The maximum absolute atomic E-state index is 13.1. The highest BCUT2D eigenvalue weighted by Gasteiger charge is 2.41. The molecule has 0 spiro atoms. The molecule has 4 rings (SSSR count). The first kappa shape index (κ1) is 21.2. The zero-order valence-electron chi connectivity index (χ0n) is 18.0. The molecule has 0 aromatic heterocycles. The monoisotopic (exact) mass is 432 g/mol. The summed E-state index contributed by atoms with van der Waals surface area (Å²) in [5.41, 5.74) is 4.97. The summed E-state index contributed by atoms with van der Waals surface area (Å²) in [6, 6.07) is 17.6. The van der Waals surface area contributed by atoms with Gasteiger partial charge in [0, 0.05) is 28.4 Å². The van der Waals surface area contributed by atoms with Crippen LogP contribution >= 0.6 is 11.6 Å². The van der Waals surface area contributed by atoms with E-state index in [9.17, 15) is 10.1 Å². The van der Waals surface area contributed by atoms with E-state index in [1.807, 2.05) is 55.5 Å². The van der Waals surface area contributed by atoms with Crippen molar-refractivity contribution in [2.45, 2.75) is 46.1 Å². The molecule has 5 heteroatoms. The average molecular weight is 433 g/mol. The first-order valence-corrected chi connectivity index (χ1v) is 10.8. The fourth-order valence-corrected chi connectivity index (χ4v) is 4.55. The highest BCUT2D eigenvalue weighted by molar-refractivity contribution is 6.30. The van der Waals surface area contributed by atoms with E-state index in [4.69, 9.17) is 16.3 Å². The van der Waals surface area contributed by atoms with Gasteiger partial charge in [0.1, 0.15) is 12.4 Å². The van der Waals surface area contributed by atoms with Crippen LogP contribution in [-0.4, -0.2) is 5.78 Å². The third-order valence-electron chi connectivity index (χ3n) is 5.89. The van der Waals surface area contributed by atoms with Crippen LogP contribution in [0.5, 0.6) is 5.75 Å². The molecule has 0 amide bonds. The van der Waals surface area contributed by atoms with Crippen molar-refractivity contribution in [2.24, 2.45) is 5.41 Å². The van der Waals surface area contributed by atoms with Crippen LogP contribution in [0, 0.1) is 16.7 Å². The number of nitrogens with one attached hydrogen (secondary N) is 1. The number of nitriles is 1. The molecule has 0 unspecified atom stereocenters. The molecule has 1 atom stereocenters. The fraction of sp³-hybridized carbons (Fsp3) is 0.308. The van der Waals surface area contributed by atoms with Crippen LogP contribution in [0.3, 0.4) is 0 Å². The Balaban J connectivity index is 1.61. The predicted molar refractivity (Wildman–Crippen MR) is 121 cm³/mol. The summed E-state index contributed by atoms with van der Waals surface area (Å²) < 4.78 is 5.89. The molecule has 1 aliphatic heterocycles. The largest absolute Gasteiger partial charge is 0.489 e. The number of dihydropyridines is 1. The molecule has 1 N–H and O–H groups in total. The smallest absolute Gasteiger partial charge is 0.162 e. The maximum Gasteiger partial charge on any atom is 0.162 e. The zero-order valence-corrected chi connectivity index (χ0v) is 18.7. The van der Waals surface area contributed by atoms with Gasteiger partial charge in [0.05, 0.1) is 17.6 Å². The van der Waals surface area contributed by atoms with Gasteiger partial charge in [0.25, 0.3) is 0 Å². The van der Waals surface area contributed by atoms with Gasteiger partial charge in [-0.05, 0) is 54.2 Å². The molecule has 1 heterocycles. The average Bonchev–Trinajstić information content (AvgIpc) is 2.72. The minimum atomic E-state index is -0.338. The third kappa shape index (κ3) is 4.38. The molecule has 4 nitrogen and oxygen atoms in total. The van der Waals surface area contributed by atoms with Crippen molar-refractivity contribution in [2.75, 3.05) is 0 Å². The lowest BCUT2D eigenvalue weighted by Crippen LogP contribution is -2.36. The van der Waals surface area contributed by atoms with Crippen molar-refractivity contribution < 1.29 is 9.53 Å². The number of benzene rings is 2. The van der Waals surface area contributed by atoms with Crippen LogP contribution in [0.25, 0.3) is 0 Å². The molecule has 0 fully saturated rings. The van der Waals surface area contributed by atoms with Crippen molar-refractivity contribution in [1.29, 1.82) is 5.26 Å². The minimum Gasteiger partial charge on any atom is -0.489 e. The van der Waals surface area contributed by atoms with Gasteiger partial charge in [0.15, 0.2) is 5.78 Å². The Kier molecular flexibility index (Phi) is 5.64. The van der Waals surface area contributed by atoms with Gasteiger partial charge in [-0.1, -0.05) is 49.7 Å². The van der Waals surface area contributed by atoms with Crippen molar-refractivity contribution in [3.8, 4) is 11.8 Å². The normalized spacial score (nSPS) is 20.1. The maximum atomic E-state index is 13.1. The topological polar surface area (TPSA) is 62.1 Å². The second kappa shape index (κ2) is 8.24. The van der Waals surface area contributed by atoms with Crippen LogP contribution in [0.1, 0.15) is 50.7 Å². The van der Waals surface area contributed by atoms with E-state index in [0.29, 0.717) is 23.6 Å². The summed E-state index contributed by atoms with van der Waals surface area (Å²) in [5.74, 6) is 0.513. The number of carbonyl (C=O) groups is 1. The van der Waals surface area contributed by atoms with Gasteiger partial charge in [0.2, 0.25) is 0 Å². The molecule has 0 bridgehead atoms. The number of carbonyl (C=O) groups excluding carboxylic acids is 1. The van der Waals surface area contributed by atoms with Crippen LogP contribution in [0.4, 0.5) is 0 Å². The summed E-state index contributed by atoms with van der Waals surface area (Å²) in [4.78, 5) is 13.1. The van der Waals surface area contributed by atoms with E-state index in [0.717, 1.165) is 40.3 Å².